The molecule has 2 amide bonds. The predicted octanol–water partition coefficient (Wildman–Crippen LogP) is 1.66. The molecule has 0 saturated carbocycles. The summed E-state index contributed by atoms with van der Waals surface area (Å²) in [4.78, 5) is 39.0. The molecule has 6 nitrogen and oxygen atoms in total. The molecule has 0 spiro atoms. The first-order valence-corrected chi connectivity index (χ1v) is 8.96. The number of carboxylic acids is 1. The molecule has 0 aromatic heterocycles. The Labute approximate surface area is 145 Å². The van der Waals surface area contributed by atoms with E-state index in [1.165, 1.54) is 18.7 Å². The Morgan fingerprint density at radius 2 is 2.00 bits per heavy atom. The summed E-state index contributed by atoms with van der Waals surface area (Å²) in [6, 6.07) is 8.94. The molecule has 1 heterocycles. The van der Waals surface area contributed by atoms with Crippen molar-refractivity contribution in [1.82, 2.24) is 9.80 Å². The molecule has 0 bridgehead atoms. The van der Waals surface area contributed by atoms with Crippen molar-refractivity contribution in [2.45, 2.75) is 26.4 Å². The van der Waals surface area contributed by atoms with Gasteiger partial charge in [-0.1, -0.05) is 37.3 Å². The van der Waals surface area contributed by atoms with Crippen molar-refractivity contribution in [2.24, 2.45) is 5.92 Å². The number of benzene rings is 1. The van der Waals surface area contributed by atoms with Crippen LogP contribution in [0.4, 0.5) is 0 Å². The summed E-state index contributed by atoms with van der Waals surface area (Å²) in [5, 5.41) is 9.18. The van der Waals surface area contributed by atoms with E-state index in [2.05, 4.69) is 0 Å². The lowest BCUT2D eigenvalue weighted by atomic mass is 10.1. The van der Waals surface area contributed by atoms with Gasteiger partial charge in [-0.3, -0.25) is 14.4 Å². The van der Waals surface area contributed by atoms with Crippen molar-refractivity contribution in [2.75, 3.05) is 18.2 Å². The number of aliphatic carboxylic acids is 1. The van der Waals surface area contributed by atoms with Gasteiger partial charge in [0.15, 0.2) is 0 Å². The maximum atomic E-state index is 12.9. The maximum absolute atomic E-state index is 12.9. The summed E-state index contributed by atoms with van der Waals surface area (Å²) in [6.07, 6.45) is 0. The number of rotatable bonds is 6. The molecule has 0 unspecified atom stereocenters. The molecule has 1 N–H and O–H groups in total. The minimum Gasteiger partial charge on any atom is -0.481 e. The molecule has 0 aliphatic carbocycles. The molecule has 1 saturated heterocycles. The average Bonchev–Trinajstić information content (AvgIpc) is 3.04. The molecule has 1 aliphatic heterocycles. The lowest BCUT2D eigenvalue weighted by Crippen LogP contribution is -2.49. The Hall–Kier alpha value is -2.02. The van der Waals surface area contributed by atoms with Gasteiger partial charge in [-0.15, -0.1) is 11.8 Å². The fourth-order valence-corrected chi connectivity index (χ4v) is 3.82. The maximum Gasteiger partial charge on any atom is 0.308 e. The second kappa shape index (κ2) is 8.19. The lowest BCUT2D eigenvalue weighted by Gasteiger charge is -2.30. The Bertz CT molecular complexity index is 608. The zero-order valence-corrected chi connectivity index (χ0v) is 14.7. The third-order valence-electron chi connectivity index (χ3n) is 4.02. The topological polar surface area (TPSA) is 77.9 Å². The lowest BCUT2D eigenvalue weighted by molar-refractivity contribution is -0.146. The number of thioether (sulfide) groups is 1. The summed E-state index contributed by atoms with van der Waals surface area (Å²) >= 11 is 1.54. The molecule has 1 aromatic rings. The summed E-state index contributed by atoms with van der Waals surface area (Å²) < 4.78 is 0. The van der Waals surface area contributed by atoms with Gasteiger partial charge in [0.25, 0.3) is 0 Å². The number of carbonyl (C=O) groups excluding carboxylic acids is 2. The van der Waals surface area contributed by atoms with Crippen LogP contribution in [0.3, 0.4) is 0 Å². The van der Waals surface area contributed by atoms with E-state index in [1.807, 2.05) is 30.3 Å². The van der Waals surface area contributed by atoms with E-state index in [1.54, 1.807) is 16.7 Å². The minimum absolute atomic E-state index is 0.121. The van der Waals surface area contributed by atoms with E-state index >= 15 is 0 Å². The molecule has 24 heavy (non-hydrogen) atoms. The zero-order chi connectivity index (χ0) is 17.7. The highest BCUT2D eigenvalue weighted by Crippen LogP contribution is 2.23. The predicted molar refractivity (Wildman–Crippen MR) is 92.3 cm³/mol. The SMILES string of the molecule is CC(=O)N1CSC[C@H]1C(=O)N(Cc1ccccc1)C[C@@H](C)C(=O)O. The molecule has 0 radical (unpaired) electrons. The molecular formula is C17H22N2O4S. The molecule has 1 fully saturated rings. The van der Waals surface area contributed by atoms with Gasteiger partial charge in [0, 0.05) is 25.8 Å². The second-order valence-corrected chi connectivity index (χ2v) is 6.95. The van der Waals surface area contributed by atoms with Gasteiger partial charge in [0.1, 0.15) is 6.04 Å². The first-order chi connectivity index (χ1) is 11.4. The van der Waals surface area contributed by atoms with Gasteiger partial charge in [-0.05, 0) is 5.56 Å². The van der Waals surface area contributed by atoms with Gasteiger partial charge >= 0.3 is 5.97 Å². The zero-order valence-electron chi connectivity index (χ0n) is 13.8. The van der Waals surface area contributed by atoms with Gasteiger partial charge in [0.05, 0.1) is 11.8 Å². The summed E-state index contributed by atoms with van der Waals surface area (Å²) in [7, 11) is 0. The monoisotopic (exact) mass is 350 g/mol. The second-order valence-electron chi connectivity index (χ2n) is 5.95. The van der Waals surface area contributed by atoms with Crippen LogP contribution in [0.25, 0.3) is 0 Å². The number of hydrogen-bond donors (Lipinski definition) is 1. The number of carbonyl (C=O) groups is 3. The molecule has 7 heteroatoms. The Balaban J connectivity index is 2.18. The van der Waals surface area contributed by atoms with Crippen LogP contribution in [0.5, 0.6) is 0 Å². The smallest absolute Gasteiger partial charge is 0.308 e. The first kappa shape index (κ1) is 18.3. The largest absolute Gasteiger partial charge is 0.481 e. The van der Waals surface area contributed by atoms with Crippen molar-refractivity contribution >= 4 is 29.5 Å². The van der Waals surface area contributed by atoms with Gasteiger partial charge in [-0.2, -0.15) is 0 Å². The standard InChI is InChI=1S/C17H22N2O4S/c1-12(17(22)23)8-18(9-14-6-4-3-5-7-14)16(21)15-10-24-11-19(15)13(2)20/h3-7,12,15H,8-11H2,1-2H3,(H,22,23)/t12-,15+/m1/s1. The molecule has 2 atom stereocenters. The van der Waals surface area contributed by atoms with Crippen molar-refractivity contribution < 1.29 is 19.5 Å². The molecular weight excluding hydrogens is 328 g/mol. The summed E-state index contributed by atoms with van der Waals surface area (Å²) in [6.45, 7) is 3.49. The van der Waals surface area contributed by atoms with Crippen LogP contribution in [0.1, 0.15) is 19.4 Å². The van der Waals surface area contributed by atoms with Crippen LogP contribution in [0.15, 0.2) is 30.3 Å². The molecule has 2 rings (SSSR count). The Kier molecular flexibility index (Phi) is 6.25. The van der Waals surface area contributed by atoms with Crippen molar-refractivity contribution in [1.29, 1.82) is 0 Å². The van der Waals surface area contributed by atoms with E-state index < -0.39 is 17.9 Å². The van der Waals surface area contributed by atoms with Crippen LogP contribution in [-0.2, 0) is 20.9 Å². The van der Waals surface area contributed by atoms with Gasteiger partial charge in [0.2, 0.25) is 11.8 Å². The van der Waals surface area contributed by atoms with Gasteiger partial charge in [-0.25, -0.2) is 0 Å². The normalized spacial score (nSPS) is 18.2. The van der Waals surface area contributed by atoms with Crippen LogP contribution < -0.4 is 0 Å². The third kappa shape index (κ3) is 4.50. The van der Waals surface area contributed by atoms with E-state index in [0.29, 0.717) is 18.2 Å². The number of carboxylic acid groups (broad SMARTS) is 1. The molecule has 130 valence electrons. The van der Waals surface area contributed by atoms with E-state index in [4.69, 9.17) is 0 Å². The Morgan fingerprint density at radius 3 is 2.58 bits per heavy atom. The average molecular weight is 350 g/mol. The van der Waals surface area contributed by atoms with Crippen molar-refractivity contribution in [3.63, 3.8) is 0 Å². The van der Waals surface area contributed by atoms with Crippen molar-refractivity contribution in [3.8, 4) is 0 Å². The van der Waals surface area contributed by atoms with Crippen LogP contribution in [0, 0.1) is 5.92 Å². The van der Waals surface area contributed by atoms with Crippen LogP contribution in [0.2, 0.25) is 0 Å². The molecule has 1 aromatic carbocycles. The highest BCUT2D eigenvalue weighted by molar-refractivity contribution is 7.99. The number of hydrogen-bond acceptors (Lipinski definition) is 4. The summed E-state index contributed by atoms with van der Waals surface area (Å²) in [5.74, 6) is -0.885. The van der Waals surface area contributed by atoms with E-state index in [-0.39, 0.29) is 18.4 Å². The number of amides is 2. The highest BCUT2D eigenvalue weighted by atomic mass is 32.2. The van der Waals surface area contributed by atoms with Crippen LogP contribution >= 0.6 is 11.8 Å². The van der Waals surface area contributed by atoms with Gasteiger partial charge < -0.3 is 14.9 Å². The fourth-order valence-electron chi connectivity index (χ4n) is 2.61. The van der Waals surface area contributed by atoms with E-state index in [0.717, 1.165) is 5.56 Å². The molecule has 1 aliphatic rings. The third-order valence-corrected chi connectivity index (χ3v) is 5.03. The van der Waals surface area contributed by atoms with Crippen molar-refractivity contribution in [3.05, 3.63) is 35.9 Å². The highest BCUT2D eigenvalue weighted by Gasteiger charge is 2.36. The fraction of sp³-hybridized carbons (Fsp3) is 0.471. The number of nitrogens with zero attached hydrogens (tertiary/aromatic N) is 2. The Morgan fingerprint density at radius 1 is 1.33 bits per heavy atom. The van der Waals surface area contributed by atoms with Crippen LogP contribution in [-0.4, -0.2) is 56.9 Å². The first-order valence-electron chi connectivity index (χ1n) is 7.80. The summed E-state index contributed by atoms with van der Waals surface area (Å²) in [5.41, 5.74) is 0.934. The minimum atomic E-state index is -0.940. The van der Waals surface area contributed by atoms with E-state index in [9.17, 15) is 19.5 Å². The quantitative estimate of drug-likeness (QED) is 0.844.